The third kappa shape index (κ3) is 8.93. The van der Waals surface area contributed by atoms with Crippen LogP contribution >= 0.6 is 0 Å². The summed E-state index contributed by atoms with van der Waals surface area (Å²) in [6, 6.07) is 4.94. The largest absolute Gasteiger partial charge is 0.312 e. The Kier molecular flexibility index (Phi) is 10.1. The van der Waals surface area contributed by atoms with Crippen LogP contribution < -0.4 is 0 Å². The first-order valence-electron chi connectivity index (χ1n) is 8.70. The number of carbonyl (C=O) groups is 1. The van der Waals surface area contributed by atoms with Crippen molar-refractivity contribution in [1.29, 1.82) is 0 Å². The van der Waals surface area contributed by atoms with Gasteiger partial charge in [0.05, 0.1) is 5.68 Å². The average Bonchev–Trinajstić information content (AvgIpc) is 2.42. The highest BCUT2D eigenvalue weighted by molar-refractivity contribution is 6.74. The van der Waals surface area contributed by atoms with Crippen LogP contribution in [0.25, 0.3) is 0 Å². The minimum absolute atomic E-state index is 0.00750. The molecule has 0 fully saturated rings. The molecule has 0 spiro atoms. The molecule has 0 N–H and O–H groups in total. The number of rotatable bonds is 6. The van der Waals surface area contributed by atoms with Gasteiger partial charge in [0.25, 0.3) is 0 Å². The van der Waals surface area contributed by atoms with Crippen molar-refractivity contribution in [1.82, 2.24) is 0 Å². The van der Waals surface area contributed by atoms with Gasteiger partial charge in [-0.15, -0.1) is 0 Å². The Hall–Kier alpha value is -1.12. The van der Waals surface area contributed by atoms with Gasteiger partial charge in [0.15, 0.2) is 0 Å². The van der Waals surface area contributed by atoms with E-state index in [2.05, 4.69) is 27.7 Å². The molecular weight excluding hydrogens is 286 g/mol. The zero-order chi connectivity index (χ0) is 18.2. The summed E-state index contributed by atoms with van der Waals surface area (Å²) in [6.07, 6.45) is 1.32. The summed E-state index contributed by atoms with van der Waals surface area (Å²) in [6.45, 7) is 16.5. The van der Waals surface area contributed by atoms with E-state index in [1.807, 2.05) is 26.8 Å². The average molecular weight is 319 g/mol. The Labute approximate surface area is 143 Å². The first-order valence-corrected chi connectivity index (χ1v) is 8.70. The molecule has 0 aliphatic carbocycles. The van der Waals surface area contributed by atoms with Crippen molar-refractivity contribution in [3.63, 3.8) is 0 Å². The lowest BCUT2D eigenvalue weighted by Gasteiger charge is -2.19. The zero-order valence-electron chi connectivity index (χ0n) is 16.1. The van der Waals surface area contributed by atoms with E-state index >= 15 is 0 Å². The van der Waals surface area contributed by atoms with Crippen LogP contribution in [-0.2, 0) is 4.79 Å². The molecule has 3 heteroatoms. The Morgan fingerprint density at radius 3 is 1.96 bits per heavy atom. The number of aryl methyl sites for hydroxylation is 1. The van der Waals surface area contributed by atoms with E-state index in [1.54, 1.807) is 7.28 Å². The van der Waals surface area contributed by atoms with Gasteiger partial charge < -0.3 is 4.79 Å². The van der Waals surface area contributed by atoms with E-state index in [-0.39, 0.29) is 23.2 Å². The van der Waals surface area contributed by atoms with Gasteiger partial charge in [-0.1, -0.05) is 54.0 Å². The highest BCUT2D eigenvalue weighted by Crippen LogP contribution is 2.25. The quantitative estimate of drug-likeness (QED) is 0.608. The summed E-state index contributed by atoms with van der Waals surface area (Å²) < 4.78 is 13.3. The van der Waals surface area contributed by atoms with Crippen LogP contribution in [0.1, 0.15) is 71.8 Å². The number of hydrogen-bond acceptors (Lipinski definition) is 1. The number of carbonyl (C=O) groups excluding carboxylic acids is 1. The van der Waals surface area contributed by atoms with Gasteiger partial charge in [-0.3, -0.25) is 0 Å². The number of benzene rings is 1. The molecule has 129 valence electrons. The lowest BCUT2D eigenvalue weighted by molar-refractivity contribution is -0.110. The van der Waals surface area contributed by atoms with Crippen molar-refractivity contribution in [2.24, 2.45) is 17.8 Å². The van der Waals surface area contributed by atoms with Crippen LogP contribution in [0.2, 0.25) is 0 Å². The van der Waals surface area contributed by atoms with E-state index in [4.69, 9.17) is 0 Å². The third-order valence-corrected chi connectivity index (χ3v) is 4.36. The molecule has 0 aliphatic rings. The number of halogens is 1. The monoisotopic (exact) mass is 319 g/mol. The maximum absolute atomic E-state index is 13.3. The minimum atomic E-state index is -0.238. The molecule has 1 nitrogen and oxygen atoms in total. The van der Waals surface area contributed by atoms with Gasteiger partial charge in [0.2, 0.25) is 7.28 Å². The maximum Gasteiger partial charge on any atom is 0.210 e. The van der Waals surface area contributed by atoms with Crippen molar-refractivity contribution in [3.8, 4) is 0 Å². The third-order valence-electron chi connectivity index (χ3n) is 4.36. The molecule has 0 bridgehead atoms. The van der Waals surface area contributed by atoms with Gasteiger partial charge in [-0.25, -0.2) is 4.39 Å². The summed E-state index contributed by atoms with van der Waals surface area (Å²) in [5.74, 6) is 1.81. The lowest BCUT2D eigenvalue weighted by atomic mass is 9.55. The fourth-order valence-corrected chi connectivity index (χ4v) is 2.35. The molecule has 1 aromatic rings. The summed E-state index contributed by atoms with van der Waals surface area (Å²) >= 11 is 0. The van der Waals surface area contributed by atoms with Gasteiger partial charge >= 0.3 is 0 Å². The van der Waals surface area contributed by atoms with Gasteiger partial charge in [-0.2, -0.15) is 0 Å². The lowest BCUT2D eigenvalue weighted by Crippen LogP contribution is -2.20. The van der Waals surface area contributed by atoms with Crippen LogP contribution in [0, 0.1) is 30.5 Å². The second-order valence-electron chi connectivity index (χ2n) is 7.24. The predicted molar refractivity (Wildman–Crippen MR) is 99.4 cm³/mol. The fraction of sp³-hybridized carbons (Fsp3) is 0.650. The first kappa shape index (κ1) is 21.9. The standard InChI is InChI=1S/C13H17BFO.C7H16/c1-8(2)13(14-10(4)16)11-5-9(3)6-12(15)7-11;1-5-7(4)6(2)3/h5-8,13H,1-4H3;6-7H,5H2,1-4H3. The summed E-state index contributed by atoms with van der Waals surface area (Å²) in [5.41, 5.74) is 1.79. The van der Waals surface area contributed by atoms with Gasteiger partial charge in [0, 0.05) is 0 Å². The molecule has 1 radical (unpaired) electrons. The smallest absolute Gasteiger partial charge is 0.210 e. The Morgan fingerprint density at radius 2 is 1.65 bits per heavy atom. The molecule has 2 unspecified atom stereocenters. The normalized spacial score (nSPS) is 13.3. The summed E-state index contributed by atoms with van der Waals surface area (Å²) in [4.78, 5) is 11.2. The summed E-state index contributed by atoms with van der Waals surface area (Å²) in [5, 5.41) is 0. The van der Waals surface area contributed by atoms with Crippen LogP contribution in [0.15, 0.2) is 18.2 Å². The van der Waals surface area contributed by atoms with Crippen molar-refractivity contribution in [2.45, 2.75) is 67.6 Å². The topological polar surface area (TPSA) is 17.1 Å². The minimum Gasteiger partial charge on any atom is -0.312 e. The van der Waals surface area contributed by atoms with Gasteiger partial charge in [-0.05, 0) is 60.7 Å². The van der Waals surface area contributed by atoms with E-state index in [0.717, 1.165) is 23.0 Å². The van der Waals surface area contributed by atoms with Crippen molar-refractivity contribution < 1.29 is 9.18 Å². The first-order chi connectivity index (χ1) is 10.6. The van der Waals surface area contributed by atoms with Crippen molar-refractivity contribution >= 4 is 13.0 Å². The molecule has 0 aromatic heterocycles. The van der Waals surface area contributed by atoms with E-state index in [1.165, 1.54) is 25.5 Å². The molecule has 1 aromatic carbocycles. The molecule has 0 amide bonds. The summed E-state index contributed by atoms with van der Waals surface area (Å²) in [7, 11) is 1.67. The molecule has 0 saturated carbocycles. The number of hydrogen-bond donors (Lipinski definition) is 0. The fourth-order valence-electron chi connectivity index (χ4n) is 2.35. The second kappa shape index (κ2) is 10.6. The highest BCUT2D eigenvalue weighted by atomic mass is 19.1. The van der Waals surface area contributed by atoms with E-state index < -0.39 is 0 Å². The van der Waals surface area contributed by atoms with Crippen molar-refractivity contribution in [2.75, 3.05) is 0 Å². The molecule has 1 rings (SSSR count). The predicted octanol–water partition coefficient (Wildman–Crippen LogP) is 5.77. The highest BCUT2D eigenvalue weighted by Gasteiger charge is 2.20. The Balaban J connectivity index is 0.000000585. The Morgan fingerprint density at radius 1 is 1.09 bits per heavy atom. The molecule has 23 heavy (non-hydrogen) atoms. The van der Waals surface area contributed by atoms with Gasteiger partial charge in [0.1, 0.15) is 5.82 Å². The maximum atomic E-state index is 13.3. The van der Waals surface area contributed by atoms with E-state index in [9.17, 15) is 9.18 Å². The van der Waals surface area contributed by atoms with Crippen LogP contribution in [0.3, 0.4) is 0 Å². The molecule has 0 aliphatic heterocycles. The van der Waals surface area contributed by atoms with Crippen LogP contribution in [0.4, 0.5) is 4.39 Å². The van der Waals surface area contributed by atoms with E-state index in [0.29, 0.717) is 0 Å². The van der Waals surface area contributed by atoms with Crippen LogP contribution in [-0.4, -0.2) is 13.0 Å². The van der Waals surface area contributed by atoms with Crippen LogP contribution in [0.5, 0.6) is 0 Å². The molecule has 0 saturated heterocycles. The zero-order valence-corrected chi connectivity index (χ0v) is 16.1. The van der Waals surface area contributed by atoms with Crippen molar-refractivity contribution in [3.05, 3.63) is 35.1 Å². The SMILES string of the molecule is CC(=O)[B]C(c1cc(C)cc(F)c1)C(C)C.CCC(C)C(C)C. The Bertz CT molecular complexity index is 462. The molecular formula is C20H33BFO. The molecule has 2 atom stereocenters. The molecule has 0 heterocycles. The second-order valence-corrected chi connectivity index (χ2v) is 7.24.